The molecule has 3 rings (SSSR count). The van der Waals surface area contributed by atoms with Gasteiger partial charge < -0.3 is 14.8 Å². The highest BCUT2D eigenvalue weighted by molar-refractivity contribution is 6.52. The van der Waals surface area contributed by atoms with Crippen LogP contribution >= 0.6 is 0 Å². The van der Waals surface area contributed by atoms with Gasteiger partial charge in [0, 0.05) is 6.07 Å². The van der Waals surface area contributed by atoms with Gasteiger partial charge in [-0.3, -0.25) is 14.5 Å². The van der Waals surface area contributed by atoms with Crippen LogP contribution in [0.2, 0.25) is 0 Å². The van der Waals surface area contributed by atoms with E-state index in [-0.39, 0.29) is 6.67 Å². The quantitative estimate of drug-likeness (QED) is 0.858. The fourth-order valence-corrected chi connectivity index (χ4v) is 2.52. The van der Waals surface area contributed by atoms with Crippen molar-refractivity contribution in [2.24, 2.45) is 0 Å². The molecule has 23 heavy (non-hydrogen) atoms. The van der Waals surface area contributed by atoms with Crippen LogP contribution in [0.4, 0.5) is 11.4 Å². The molecule has 0 radical (unpaired) electrons. The number of benzene rings is 2. The second kappa shape index (κ2) is 6.00. The number of methoxy groups -OCH3 is 2. The maximum atomic E-state index is 12.1. The predicted molar refractivity (Wildman–Crippen MR) is 86.3 cm³/mol. The first-order valence-electron chi connectivity index (χ1n) is 7.07. The lowest BCUT2D eigenvalue weighted by Crippen LogP contribution is -2.34. The van der Waals surface area contributed by atoms with Crippen molar-refractivity contribution < 1.29 is 19.1 Å². The van der Waals surface area contributed by atoms with E-state index in [1.165, 1.54) is 4.90 Å². The zero-order valence-corrected chi connectivity index (χ0v) is 12.8. The van der Waals surface area contributed by atoms with Crippen LogP contribution in [0.15, 0.2) is 42.5 Å². The molecule has 0 atom stereocenters. The second-order valence-corrected chi connectivity index (χ2v) is 4.98. The van der Waals surface area contributed by atoms with Crippen molar-refractivity contribution in [2.45, 2.75) is 0 Å². The van der Waals surface area contributed by atoms with Crippen LogP contribution in [0, 0.1) is 0 Å². The van der Waals surface area contributed by atoms with Crippen molar-refractivity contribution in [1.29, 1.82) is 0 Å². The number of amides is 1. The van der Waals surface area contributed by atoms with E-state index >= 15 is 0 Å². The van der Waals surface area contributed by atoms with Gasteiger partial charge in [0.1, 0.15) is 11.5 Å². The number of Topliss-reactive ketones (excluding diaryl/α,β-unsaturated/α-hetero) is 1. The lowest BCUT2D eigenvalue weighted by atomic mass is 10.1. The Labute approximate surface area is 133 Å². The van der Waals surface area contributed by atoms with Crippen molar-refractivity contribution >= 4 is 23.1 Å². The Hall–Kier alpha value is -3.02. The molecule has 0 saturated heterocycles. The Morgan fingerprint density at radius 1 is 1.04 bits per heavy atom. The molecule has 1 aliphatic heterocycles. The first-order chi connectivity index (χ1) is 11.2. The zero-order chi connectivity index (χ0) is 16.4. The van der Waals surface area contributed by atoms with E-state index in [0.717, 1.165) is 0 Å². The number of carbonyl (C=O) groups excluding carboxylic acids is 2. The summed E-state index contributed by atoms with van der Waals surface area (Å²) in [6.07, 6.45) is 0. The third kappa shape index (κ3) is 2.59. The number of para-hydroxylation sites is 1. The van der Waals surface area contributed by atoms with E-state index in [1.54, 1.807) is 56.7 Å². The fraction of sp³-hybridized carbons (Fsp3) is 0.176. The fourth-order valence-electron chi connectivity index (χ4n) is 2.52. The normalized spacial score (nSPS) is 13.0. The first kappa shape index (κ1) is 14.9. The van der Waals surface area contributed by atoms with Crippen molar-refractivity contribution in [3.05, 3.63) is 48.0 Å². The number of rotatable bonds is 5. The topological polar surface area (TPSA) is 67.9 Å². The van der Waals surface area contributed by atoms with Crippen LogP contribution in [-0.4, -0.2) is 32.6 Å². The highest BCUT2D eigenvalue weighted by Gasteiger charge is 2.35. The number of hydrogen-bond donors (Lipinski definition) is 1. The van der Waals surface area contributed by atoms with E-state index in [4.69, 9.17) is 9.47 Å². The lowest BCUT2D eigenvalue weighted by Gasteiger charge is -2.19. The number of carbonyl (C=O) groups is 2. The van der Waals surface area contributed by atoms with Crippen molar-refractivity contribution in [3.8, 4) is 11.5 Å². The minimum absolute atomic E-state index is 0.158. The monoisotopic (exact) mass is 312 g/mol. The third-order valence-corrected chi connectivity index (χ3v) is 3.71. The molecule has 1 amide bonds. The third-order valence-electron chi connectivity index (χ3n) is 3.71. The van der Waals surface area contributed by atoms with Crippen molar-refractivity contribution in [1.82, 2.24) is 0 Å². The Balaban J connectivity index is 1.84. The van der Waals surface area contributed by atoms with Crippen LogP contribution in [0.1, 0.15) is 10.4 Å². The van der Waals surface area contributed by atoms with Gasteiger partial charge in [-0.05, 0) is 24.3 Å². The molecule has 0 fully saturated rings. The molecule has 6 heteroatoms. The number of fused-ring (bicyclic) bond motifs is 1. The molecule has 0 saturated carbocycles. The van der Waals surface area contributed by atoms with Gasteiger partial charge in [-0.25, -0.2) is 0 Å². The lowest BCUT2D eigenvalue weighted by molar-refractivity contribution is -0.114. The van der Waals surface area contributed by atoms with Gasteiger partial charge in [0.25, 0.3) is 5.78 Å². The summed E-state index contributed by atoms with van der Waals surface area (Å²) in [6.45, 7) is 0.158. The highest BCUT2D eigenvalue weighted by atomic mass is 16.5. The standard InChI is InChI=1S/C17H16N2O4/c1-22-11-7-8-15(23-2)13(9-11)18-10-19-14-6-4-3-5-12(14)16(20)17(19)21/h3-9,18H,10H2,1-2H3. The minimum atomic E-state index is -0.541. The molecular formula is C17H16N2O4. The van der Waals surface area contributed by atoms with Crippen LogP contribution in [-0.2, 0) is 4.79 Å². The summed E-state index contributed by atoms with van der Waals surface area (Å²) in [4.78, 5) is 25.5. The molecule has 6 nitrogen and oxygen atoms in total. The molecule has 0 aromatic heterocycles. The molecule has 0 bridgehead atoms. The molecule has 0 aliphatic carbocycles. The Morgan fingerprint density at radius 2 is 1.83 bits per heavy atom. The SMILES string of the molecule is COc1ccc(OC)c(NCN2C(=O)C(=O)c3ccccc32)c1. The Bertz CT molecular complexity index is 773. The first-order valence-corrected chi connectivity index (χ1v) is 7.07. The smallest absolute Gasteiger partial charge is 0.300 e. The van der Waals surface area contributed by atoms with Gasteiger partial charge in [0.2, 0.25) is 0 Å². The molecule has 1 heterocycles. The summed E-state index contributed by atoms with van der Waals surface area (Å²) in [5, 5.41) is 3.12. The highest BCUT2D eigenvalue weighted by Crippen LogP contribution is 2.31. The number of ketones is 1. The van der Waals surface area contributed by atoms with Crippen LogP contribution in [0.25, 0.3) is 0 Å². The summed E-state index contributed by atoms with van der Waals surface area (Å²) in [6, 6.07) is 12.3. The Morgan fingerprint density at radius 3 is 2.57 bits per heavy atom. The summed E-state index contributed by atoms with van der Waals surface area (Å²) in [5.41, 5.74) is 1.71. The second-order valence-electron chi connectivity index (χ2n) is 4.98. The molecular weight excluding hydrogens is 296 g/mol. The molecule has 2 aromatic rings. The molecule has 2 aromatic carbocycles. The molecule has 0 unspecified atom stereocenters. The van der Waals surface area contributed by atoms with Gasteiger partial charge in [-0.2, -0.15) is 0 Å². The van der Waals surface area contributed by atoms with Crippen LogP contribution in [0.3, 0.4) is 0 Å². The van der Waals surface area contributed by atoms with Gasteiger partial charge in [-0.15, -0.1) is 0 Å². The van der Waals surface area contributed by atoms with Gasteiger partial charge in [0.15, 0.2) is 0 Å². The van der Waals surface area contributed by atoms with E-state index in [9.17, 15) is 9.59 Å². The summed E-state index contributed by atoms with van der Waals surface area (Å²) >= 11 is 0. The maximum absolute atomic E-state index is 12.1. The van der Waals surface area contributed by atoms with E-state index in [0.29, 0.717) is 28.4 Å². The number of hydrogen-bond acceptors (Lipinski definition) is 5. The number of anilines is 2. The van der Waals surface area contributed by atoms with E-state index in [2.05, 4.69) is 5.32 Å². The van der Waals surface area contributed by atoms with Gasteiger partial charge in [-0.1, -0.05) is 12.1 Å². The predicted octanol–water partition coefficient (Wildman–Crippen LogP) is 2.30. The number of nitrogens with zero attached hydrogens (tertiary/aromatic N) is 1. The van der Waals surface area contributed by atoms with Gasteiger partial charge >= 0.3 is 5.91 Å². The zero-order valence-electron chi connectivity index (χ0n) is 12.8. The summed E-state index contributed by atoms with van der Waals surface area (Å²) in [5.74, 6) is 0.259. The molecule has 0 spiro atoms. The molecule has 1 N–H and O–H groups in total. The molecule has 118 valence electrons. The minimum Gasteiger partial charge on any atom is -0.497 e. The van der Waals surface area contributed by atoms with E-state index < -0.39 is 11.7 Å². The van der Waals surface area contributed by atoms with Crippen molar-refractivity contribution in [2.75, 3.05) is 31.1 Å². The van der Waals surface area contributed by atoms with Gasteiger partial charge in [0.05, 0.1) is 37.8 Å². The largest absolute Gasteiger partial charge is 0.497 e. The Kier molecular flexibility index (Phi) is 3.89. The van der Waals surface area contributed by atoms with Crippen LogP contribution < -0.4 is 19.7 Å². The average Bonchev–Trinajstić information content (AvgIpc) is 2.84. The number of nitrogens with one attached hydrogen (secondary N) is 1. The summed E-state index contributed by atoms with van der Waals surface area (Å²) in [7, 11) is 3.14. The maximum Gasteiger partial charge on any atom is 0.300 e. The summed E-state index contributed by atoms with van der Waals surface area (Å²) < 4.78 is 10.5. The molecule has 1 aliphatic rings. The van der Waals surface area contributed by atoms with Crippen LogP contribution in [0.5, 0.6) is 11.5 Å². The van der Waals surface area contributed by atoms with E-state index in [1.807, 2.05) is 0 Å². The number of ether oxygens (including phenoxy) is 2. The van der Waals surface area contributed by atoms with Crippen molar-refractivity contribution in [3.63, 3.8) is 0 Å². The average molecular weight is 312 g/mol.